The Kier molecular flexibility index (Phi) is 34.0. The topological polar surface area (TPSA) is 418 Å². The molecule has 150 heavy (non-hydrogen) atoms. The summed E-state index contributed by atoms with van der Waals surface area (Å²) in [5, 5.41) is 10.8. The Morgan fingerprint density at radius 3 is 0.767 bits per heavy atom. The van der Waals surface area contributed by atoms with Gasteiger partial charge >= 0.3 is 48.7 Å². The Bertz CT molecular complexity index is 6420. The molecule has 6 saturated heterocycles. The van der Waals surface area contributed by atoms with Crippen molar-refractivity contribution >= 4 is 128 Å². The molecule has 12 atom stereocenters. The van der Waals surface area contributed by atoms with E-state index in [1.54, 1.807) is 47.3 Å². The van der Waals surface area contributed by atoms with Crippen LogP contribution in [-0.4, -0.2) is 235 Å². The fourth-order valence-electron chi connectivity index (χ4n) is 22.3. The molecule has 4 N–H and O–H groups in total. The highest BCUT2D eigenvalue weighted by atomic mass is 16.6. The number of likely N-dealkylation sites (tertiary alicyclic amines) is 4. The van der Waals surface area contributed by atoms with Gasteiger partial charge in [0.15, 0.2) is 0 Å². The summed E-state index contributed by atoms with van der Waals surface area (Å²) >= 11 is 0. The van der Waals surface area contributed by atoms with Gasteiger partial charge in [0.25, 0.3) is 0 Å². The van der Waals surface area contributed by atoms with E-state index in [9.17, 15) is 57.5 Å². The normalized spacial score (nSPS) is 19.7. The summed E-state index contributed by atoms with van der Waals surface area (Å²) in [7, 11) is 5.03. The molecule has 2 unspecified atom stereocenters. The predicted octanol–water partition coefficient (Wildman–Crippen LogP) is 19.7. The Hall–Kier alpha value is -14.4. The van der Waals surface area contributed by atoms with Crippen LogP contribution >= 0.6 is 0 Å². The number of hydrogen-bond acceptors (Lipinski definition) is 26. The first kappa shape index (κ1) is 110. The molecule has 6 aromatic carbocycles. The summed E-state index contributed by atoms with van der Waals surface area (Å²) in [5.41, 5.74) is 12.6. The predicted molar refractivity (Wildman–Crippen MR) is 565 cm³/mol. The third-order valence-corrected chi connectivity index (χ3v) is 29.9. The van der Waals surface area contributed by atoms with Crippen LogP contribution in [0.1, 0.15) is 307 Å². The van der Waals surface area contributed by atoms with Gasteiger partial charge in [-0.25, -0.2) is 76.6 Å². The molecular weight excluding hydrogens is 1920 g/mol. The summed E-state index contributed by atoms with van der Waals surface area (Å²) in [6.07, 6.45) is 2.71. The average molecular weight is 2060 g/mol. The van der Waals surface area contributed by atoms with Crippen LogP contribution in [0.15, 0.2) is 121 Å². The largest absolute Gasteiger partial charge is 0.453 e. The molecule has 0 aliphatic carbocycles. The lowest BCUT2D eigenvalue weighted by Gasteiger charge is -2.34. The van der Waals surface area contributed by atoms with Gasteiger partial charge in [-0.3, -0.25) is 19.2 Å². The minimum atomic E-state index is -0.855. The van der Waals surface area contributed by atoms with E-state index in [0.717, 1.165) is 59.3 Å². The molecule has 0 bridgehead atoms. The van der Waals surface area contributed by atoms with Crippen LogP contribution in [0.2, 0.25) is 0 Å². The first-order valence-electron chi connectivity index (χ1n) is 52.8. The number of carbonyl (C=O) groups is 12. The second-order valence-electron chi connectivity index (χ2n) is 42.8. The van der Waals surface area contributed by atoms with Crippen LogP contribution in [0, 0.1) is 23.7 Å². The van der Waals surface area contributed by atoms with Crippen LogP contribution in [0.4, 0.5) is 49.7 Å². The number of nitrogens with one attached hydrogen (secondary N) is 4. The first-order valence-corrected chi connectivity index (χ1v) is 52.8. The van der Waals surface area contributed by atoms with E-state index in [-0.39, 0.29) is 109 Å². The van der Waals surface area contributed by atoms with Crippen LogP contribution < -0.4 is 31.1 Å². The van der Waals surface area contributed by atoms with Crippen LogP contribution in [0.5, 0.6) is 0 Å². The number of anilines is 2. The monoisotopic (exact) mass is 2060 g/mol. The van der Waals surface area contributed by atoms with Gasteiger partial charge in [0, 0.05) is 37.6 Å². The number of rotatable bonds is 26. The summed E-state index contributed by atoms with van der Waals surface area (Å²) < 4.78 is 47.9. The molecule has 10 heterocycles. The van der Waals surface area contributed by atoms with E-state index >= 15 is 0 Å². The van der Waals surface area contributed by atoms with E-state index in [1.807, 2.05) is 122 Å². The molecule has 6 aliphatic rings. The molecule has 4 aromatic heterocycles. The SMILES string of the molecule is CCOC(=O)n1c(C2CCCN2C(=O)C(NC(=O)OC)C(C)C)nc2cc([C@H]3CC[C@H](c4ccc5c(c4)nc([C@@H]4CCCN4C(=O)[C@@H](NC(=O)OC)C(C)C)n5C(=O)OCC)N3c3ccc(C(C)(C)C)cc3)ccc21.CCOC(=O)n1c([C@@H]2CCCN2C(=O)[C@@H](NC(=O)OC)C(C)C)nc2cc([C@H]3CC[C@H](c4ccc5nc([C@@H]6CCCN6C(=O)[C@@H](NC(=O)OC)C(C)C)n(C(=O)OCC)c5c4)N3c3ccc(C(C)(C)C)cc3)ccc21. The van der Waals surface area contributed by atoms with Gasteiger partial charge in [0.1, 0.15) is 47.5 Å². The molecular formula is C112H146N18O20. The zero-order valence-electron chi connectivity index (χ0n) is 90.4. The number of benzene rings is 6. The summed E-state index contributed by atoms with van der Waals surface area (Å²) in [5.74, 6) is -0.535. The maximum atomic E-state index is 14.2. The minimum absolute atomic E-state index is 0.0799. The molecule has 38 nitrogen and oxygen atoms in total. The summed E-state index contributed by atoms with van der Waals surface area (Å²) in [4.78, 5) is 194. The van der Waals surface area contributed by atoms with Crippen molar-refractivity contribution in [2.75, 3.05) is 90.8 Å². The second kappa shape index (κ2) is 46.4. The highest BCUT2D eigenvalue weighted by Gasteiger charge is 2.48. The third kappa shape index (κ3) is 22.4. The Morgan fingerprint density at radius 2 is 0.533 bits per heavy atom. The van der Waals surface area contributed by atoms with Crippen molar-refractivity contribution < 1.29 is 95.4 Å². The molecule has 8 amide bonds. The molecule has 0 saturated carbocycles. The Balaban J connectivity index is 0.000000224. The van der Waals surface area contributed by atoms with E-state index in [0.29, 0.717) is 145 Å². The Labute approximate surface area is 875 Å². The lowest BCUT2D eigenvalue weighted by Crippen LogP contribution is -2.51. The number of alkyl carbamates (subject to hydrolysis) is 4. The average Bonchev–Trinajstić information content (AvgIpc) is 1.59. The standard InChI is InChI=1S/2C56H73N9O10/c1-12-74-54(70)64-42-25-19-34(30-39(42)58-49(64)44-17-15-29-62(44)51(67)47(33(5)6)60-53(69)73-11)40-26-27-41(63(40)37-22-20-36(21-23-37)56(7,8)9)35-18-24-38-45(31-35)65(55(71)75-13-2)48(57-38)43-16-14-28-61(43)50(66)46(32(3)4)59-52(68)72-10;1-12-74-54(70)64-42-24-18-34(30-38(42)57-48(64)44-16-14-28-61(44)50(66)46(32(3)4)59-52(68)72-10)40-26-27-41(63(40)37-22-20-36(21-23-37)56(7,8)9)35-19-25-43-39(31-35)58-49(65(43)55(71)75-13-2)45-17-15-29-62(45)51(67)47(33(5)6)60-53(69)73-11/h18-25,30-33,40-41,43-44,46-47H,12-17,26-29H2,1-11H3,(H,59,68)(H,60,69);18-25,30-33,40-41,44-47H,12-17,26-29H2,1-11H3,(H,59,68)(H,60,69)/t40-,41-,43+,44+,46+,47+;40-,41-,44+,45?,46+,47?/m11/s1. The number of methoxy groups -OCH3 is 4. The number of aromatic nitrogens is 8. The molecule has 16 rings (SSSR count). The fourth-order valence-corrected chi connectivity index (χ4v) is 22.3. The zero-order chi connectivity index (χ0) is 108. The second-order valence-corrected chi connectivity index (χ2v) is 42.8. The van der Waals surface area contributed by atoms with Crippen LogP contribution in [0.3, 0.4) is 0 Å². The summed E-state index contributed by atoms with van der Waals surface area (Å²) in [6, 6.07) is 35.0. The first-order chi connectivity index (χ1) is 71.6. The van der Waals surface area contributed by atoms with Gasteiger partial charge in [-0.2, -0.15) is 0 Å². The molecule has 804 valence electrons. The van der Waals surface area contributed by atoms with Crippen molar-refractivity contribution in [3.8, 4) is 0 Å². The molecule has 6 aliphatic heterocycles. The maximum absolute atomic E-state index is 14.2. The highest BCUT2D eigenvalue weighted by Crippen LogP contribution is 2.52. The minimum Gasteiger partial charge on any atom is -0.453 e. The van der Waals surface area contributed by atoms with Crippen LogP contribution in [0.25, 0.3) is 44.1 Å². The van der Waals surface area contributed by atoms with Gasteiger partial charge in [0.2, 0.25) is 23.6 Å². The molecule has 0 spiro atoms. The maximum Gasteiger partial charge on any atom is 0.420 e. The van der Waals surface area contributed by atoms with E-state index in [4.69, 9.17) is 57.8 Å². The lowest BCUT2D eigenvalue weighted by atomic mass is 9.87. The quantitative estimate of drug-likeness (QED) is 0.0366. The van der Waals surface area contributed by atoms with Crippen molar-refractivity contribution in [1.82, 2.24) is 79.1 Å². The number of nitrogens with zero attached hydrogens (tertiary/aromatic N) is 14. The van der Waals surface area contributed by atoms with Gasteiger partial charge in [-0.1, -0.05) is 145 Å². The van der Waals surface area contributed by atoms with Crippen molar-refractivity contribution in [1.29, 1.82) is 0 Å². The van der Waals surface area contributed by atoms with E-state index in [1.165, 1.54) is 57.8 Å². The Morgan fingerprint density at radius 1 is 0.300 bits per heavy atom. The van der Waals surface area contributed by atoms with Crippen LogP contribution in [-0.2, 0) is 67.9 Å². The van der Waals surface area contributed by atoms with E-state index in [2.05, 4.69) is 127 Å². The van der Waals surface area contributed by atoms with Gasteiger partial charge in [-0.15, -0.1) is 0 Å². The van der Waals surface area contributed by atoms with E-state index < -0.39 is 97.1 Å². The van der Waals surface area contributed by atoms with Gasteiger partial charge in [0.05, 0.1) is 147 Å². The van der Waals surface area contributed by atoms with Crippen molar-refractivity contribution in [3.05, 3.63) is 178 Å². The lowest BCUT2D eigenvalue weighted by molar-refractivity contribution is -0.136. The number of fused-ring (bicyclic) bond motifs is 4. The molecule has 0 radical (unpaired) electrons. The molecule has 38 heteroatoms. The zero-order valence-corrected chi connectivity index (χ0v) is 90.4. The van der Waals surface area contributed by atoms with Crippen molar-refractivity contribution in [2.24, 2.45) is 23.7 Å². The number of amides is 8. The number of carbonyl (C=O) groups excluding carboxylic acids is 12. The smallest absolute Gasteiger partial charge is 0.420 e. The van der Waals surface area contributed by atoms with Gasteiger partial charge < -0.3 is 88.6 Å². The number of hydrogen-bond donors (Lipinski definition) is 4. The fraction of sp³-hybridized carbons (Fsp3) is 0.536. The number of imidazole rings is 4. The molecule has 6 fully saturated rings. The third-order valence-electron chi connectivity index (χ3n) is 29.9. The van der Waals surface area contributed by atoms with Crippen molar-refractivity contribution in [3.63, 3.8) is 0 Å². The number of ether oxygens (including phenoxy) is 8. The van der Waals surface area contributed by atoms with Crippen molar-refractivity contribution in [2.45, 2.75) is 285 Å². The summed E-state index contributed by atoms with van der Waals surface area (Å²) in [6.45, 7) is 37.2. The van der Waals surface area contributed by atoms with Gasteiger partial charge in [-0.05, 0) is 245 Å². The molecule has 10 aromatic rings. The highest BCUT2D eigenvalue weighted by molar-refractivity contribution is 5.95.